The second-order valence-corrected chi connectivity index (χ2v) is 9.15. The van der Waals surface area contributed by atoms with Gasteiger partial charge >= 0.3 is 0 Å². The van der Waals surface area contributed by atoms with Gasteiger partial charge in [0.1, 0.15) is 6.10 Å². The van der Waals surface area contributed by atoms with Crippen LogP contribution in [0.2, 0.25) is 0 Å². The second kappa shape index (κ2) is 14.4. The van der Waals surface area contributed by atoms with Crippen LogP contribution in [-0.4, -0.2) is 48.7 Å². The van der Waals surface area contributed by atoms with Crippen LogP contribution in [0.4, 0.5) is 0 Å². The van der Waals surface area contributed by atoms with Crippen LogP contribution in [-0.2, 0) is 16.0 Å². The first kappa shape index (κ1) is 28.3. The summed E-state index contributed by atoms with van der Waals surface area (Å²) in [5.74, 6) is -0.623. The summed E-state index contributed by atoms with van der Waals surface area (Å²) >= 11 is 0. The predicted octanol–water partition coefficient (Wildman–Crippen LogP) is 1.83. The van der Waals surface area contributed by atoms with Crippen molar-refractivity contribution in [3.05, 3.63) is 72.9 Å². The molecule has 1 aromatic carbocycles. The lowest BCUT2D eigenvalue weighted by Gasteiger charge is -2.27. The highest BCUT2D eigenvalue weighted by Crippen LogP contribution is 2.17. The van der Waals surface area contributed by atoms with Crippen LogP contribution in [0, 0.1) is 11.3 Å². The van der Waals surface area contributed by atoms with Crippen LogP contribution in [0.25, 0.3) is 0 Å². The number of carbonyl (C=O) groups is 2. The molecule has 1 aromatic rings. The summed E-state index contributed by atoms with van der Waals surface area (Å²) in [6.45, 7) is 12.3. The van der Waals surface area contributed by atoms with Crippen molar-refractivity contribution in [3.8, 4) is 0 Å². The summed E-state index contributed by atoms with van der Waals surface area (Å²) in [5.41, 5.74) is 13.4. The molecule has 0 saturated heterocycles. The molecule has 0 fully saturated rings. The molecule has 33 heavy (non-hydrogen) atoms. The fraction of sp³-hybridized carbons (Fsp3) is 0.462. The Bertz CT molecular complexity index is 805. The molecular formula is C26H40N4O3. The maximum atomic E-state index is 12.4. The van der Waals surface area contributed by atoms with Gasteiger partial charge in [-0.05, 0) is 41.9 Å². The quantitative estimate of drug-likeness (QED) is 0.257. The van der Waals surface area contributed by atoms with Crippen molar-refractivity contribution in [2.24, 2.45) is 22.8 Å². The van der Waals surface area contributed by atoms with Gasteiger partial charge in [0.25, 0.3) is 0 Å². The zero-order valence-corrected chi connectivity index (χ0v) is 19.9. The Morgan fingerprint density at radius 3 is 2.33 bits per heavy atom. The zero-order valence-electron chi connectivity index (χ0n) is 19.9. The fourth-order valence-corrected chi connectivity index (χ4v) is 3.30. The van der Waals surface area contributed by atoms with E-state index in [0.29, 0.717) is 32.4 Å². The molecule has 0 radical (unpaired) electrons. The van der Waals surface area contributed by atoms with Crippen molar-refractivity contribution in [2.75, 3.05) is 19.6 Å². The molecule has 7 nitrogen and oxygen atoms in total. The number of carbonyl (C=O) groups excluding carboxylic acids is 2. The number of aliphatic hydroxyl groups is 1. The van der Waals surface area contributed by atoms with Crippen LogP contribution >= 0.6 is 0 Å². The molecule has 7 heteroatoms. The van der Waals surface area contributed by atoms with E-state index in [1.165, 1.54) is 0 Å². The van der Waals surface area contributed by atoms with E-state index >= 15 is 0 Å². The Kier molecular flexibility index (Phi) is 12.4. The van der Waals surface area contributed by atoms with E-state index in [2.05, 4.69) is 23.8 Å². The average Bonchev–Trinajstić information content (AvgIpc) is 2.80. The molecule has 0 aliphatic carbocycles. The Morgan fingerprint density at radius 1 is 1.12 bits per heavy atom. The molecule has 2 amide bonds. The minimum absolute atomic E-state index is 0.00161. The van der Waals surface area contributed by atoms with E-state index < -0.39 is 23.5 Å². The van der Waals surface area contributed by atoms with Gasteiger partial charge < -0.3 is 27.2 Å². The van der Waals surface area contributed by atoms with E-state index in [-0.39, 0.29) is 18.4 Å². The lowest BCUT2D eigenvalue weighted by molar-refractivity contribution is -0.130. The molecule has 7 N–H and O–H groups in total. The smallest absolute Gasteiger partial charge is 0.250 e. The monoisotopic (exact) mass is 456 g/mol. The topological polar surface area (TPSA) is 130 Å². The van der Waals surface area contributed by atoms with Gasteiger partial charge in [-0.3, -0.25) is 9.59 Å². The van der Waals surface area contributed by atoms with E-state index in [9.17, 15) is 14.7 Å². The number of hydrogen-bond acceptors (Lipinski definition) is 5. The number of benzene rings is 1. The molecule has 0 spiro atoms. The third-order valence-corrected chi connectivity index (χ3v) is 5.42. The maximum absolute atomic E-state index is 12.4. The van der Waals surface area contributed by atoms with Gasteiger partial charge in [0, 0.05) is 25.6 Å². The molecule has 0 aliphatic rings. The standard InChI is InChI=1S/C26H40N4O3/c1-5-10-19(6-2)13-21(16-27)15-23(31)29-17-26(3,4)18-30-25(33)24(32)22(28)14-20-11-8-7-9-12-20/h5-12,21-22,24,32H,1-2,13-18,27-28H2,3-4H3,(H,29,31)(H,30,33)/b19-10+. The SMILES string of the molecule is C=C/C=C(\C=C)CC(CN)CC(=O)NCC(C)(C)CNC(=O)C(O)C(N)Cc1ccccc1. The number of hydrogen-bond donors (Lipinski definition) is 5. The number of amides is 2. The number of allylic oxidation sites excluding steroid dienone is 4. The molecule has 0 aliphatic heterocycles. The van der Waals surface area contributed by atoms with E-state index in [0.717, 1.165) is 11.1 Å². The molecule has 182 valence electrons. The van der Waals surface area contributed by atoms with Crippen LogP contribution in [0.1, 0.15) is 32.3 Å². The molecular weight excluding hydrogens is 416 g/mol. The Balaban J connectivity index is 2.47. The average molecular weight is 457 g/mol. The third kappa shape index (κ3) is 11.1. The van der Waals surface area contributed by atoms with Crippen LogP contribution in [0.3, 0.4) is 0 Å². The van der Waals surface area contributed by atoms with Gasteiger partial charge in [-0.25, -0.2) is 0 Å². The number of nitrogens with two attached hydrogens (primary N) is 2. The van der Waals surface area contributed by atoms with Gasteiger partial charge in [0.05, 0.1) is 0 Å². The minimum Gasteiger partial charge on any atom is -0.382 e. The first-order valence-electron chi connectivity index (χ1n) is 11.3. The lowest BCUT2D eigenvalue weighted by atomic mass is 9.92. The summed E-state index contributed by atoms with van der Waals surface area (Å²) in [5, 5.41) is 15.9. The largest absolute Gasteiger partial charge is 0.382 e. The molecule has 0 heterocycles. The lowest BCUT2D eigenvalue weighted by Crippen LogP contribution is -2.50. The van der Waals surface area contributed by atoms with Crippen LogP contribution < -0.4 is 22.1 Å². The number of nitrogens with one attached hydrogen (secondary N) is 2. The highest BCUT2D eigenvalue weighted by atomic mass is 16.3. The van der Waals surface area contributed by atoms with Crippen LogP contribution in [0.5, 0.6) is 0 Å². The highest BCUT2D eigenvalue weighted by Gasteiger charge is 2.26. The number of aliphatic hydroxyl groups excluding tert-OH is 1. The van der Waals surface area contributed by atoms with Gasteiger partial charge in [-0.1, -0.05) is 75.6 Å². The van der Waals surface area contributed by atoms with E-state index in [1.807, 2.05) is 50.3 Å². The summed E-state index contributed by atoms with van der Waals surface area (Å²) in [6, 6.07) is 8.76. The van der Waals surface area contributed by atoms with Gasteiger partial charge in [-0.15, -0.1) is 0 Å². The van der Waals surface area contributed by atoms with E-state index in [4.69, 9.17) is 11.5 Å². The Hall–Kier alpha value is -2.74. The van der Waals surface area contributed by atoms with Gasteiger partial charge in [0.15, 0.2) is 0 Å². The molecule has 0 aromatic heterocycles. The van der Waals surface area contributed by atoms with Crippen molar-refractivity contribution in [1.29, 1.82) is 0 Å². The van der Waals surface area contributed by atoms with Crippen molar-refractivity contribution >= 4 is 11.8 Å². The van der Waals surface area contributed by atoms with Crippen LogP contribution in [0.15, 0.2) is 67.3 Å². The molecule has 3 unspecified atom stereocenters. The van der Waals surface area contributed by atoms with Crippen molar-refractivity contribution in [3.63, 3.8) is 0 Å². The first-order chi connectivity index (χ1) is 15.6. The summed E-state index contributed by atoms with van der Waals surface area (Å²) in [7, 11) is 0. The molecule has 0 bridgehead atoms. The number of rotatable bonds is 15. The highest BCUT2D eigenvalue weighted by molar-refractivity contribution is 5.81. The van der Waals surface area contributed by atoms with Crippen molar-refractivity contribution in [1.82, 2.24) is 10.6 Å². The second-order valence-electron chi connectivity index (χ2n) is 9.15. The summed E-state index contributed by atoms with van der Waals surface area (Å²) in [6.07, 6.45) is 5.32. The molecule has 0 saturated carbocycles. The summed E-state index contributed by atoms with van der Waals surface area (Å²) < 4.78 is 0. The molecule has 1 rings (SSSR count). The first-order valence-corrected chi connectivity index (χ1v) is 11.3. The fourth-order valence-electron chi connectivity index (χ4n) is 3.30. The van der Waals surface area contributed by atoms with E-state index in [1.54, 1.807) is 12.2 Å². The minimum atomic E-state index is -1.32. The van der Waals surface area contributed by atoms with Gasteiger partial charge in [0.2, 0.25) is 11.8 Å². The van der Waals surface area contributed by atoms with Crippen molar-refractivity contribution in [2.45, 2.75) is 45.3 Å². The third-order valence-electron chi connectivity index (χ3n) is 5.42. The Labute approximate surface area is 198 Å². The predicted molar refractivity (Wildman–Crippen MR) is 134 cm³/mol. The molecule has 3 atom stereocenters. The summed E-state index contributed by atoms with van der Waals surface area (Å²) in [4.78, 5) is 24.8. The van der Waals surface area contributed by atoms with Crippen molar-refractivity contribution < 1.29 is 14.7 Å². The normalized spacial score (nSPS) is 14.6. The zero-order chi connectivity index (χ0) is 24.9. The van der Waals surface area contributed by atoms with Gasteiger partial charge in [-0.2, -0.15) is 0 Å². The Morgan fingerprint density at radius 2 is 1.76 bits per heavy atom. The maximum Gasteiger partial charge on any atom is 0.250 e.